The molecule has 1 aromatic carbocycles. The van der Waals surface area contributed by atoms with Gasteiger partial charge >= 0.3 is 6.03 Å². The number of hydrogen-bond acceptors (Lipinski definition) is 3. The second-order valence-corrected chi connectivity index (χ2v) is 4.39. The molecule has 6 nitrogen and oxygen atoms in total. The Morgan fingerprint density at radius 1 is 1.05 bits per heavy atom. The minimum absolute atomic E-state index is 0.134. The number of carbonyl (C=O) groups excluding carboxylic acids is 2. The largest absolute Gasteiger partial charge is 0.467 e. The lowest BCUT2D eigenvalue weighted by Crippen LogP contribution is -2.34. The molecule has 110 valence electrons. The molecule has 2 rings (SSSR count). The highest BCUT2D eigenvalue weighted by atomic mass is 16.3. The van der Waals surface area contributed by atoms with Crippen LogP contribution in [0.25, 0.3) is 0 Å². The van der Waals surface area contributed by atoms with Crippen molar-refractivity contribution in [3.8, 4) is 0 Å². The Morgan fingerprint density at radius 3 is 2.38 bits per heavy atom. The van der Waals surface area contributed by atoms with Gasteiger partial charge in [-0.3, -0.25) is 4.79 Å². The maximum Gasteiger partial charge on any atom is 0.315 e. The van der Waals surface area contributed by atoms with E-state index in [1.807, 2.05) is 0 Å². The van der Waals surface area contributed by atoms with Crippen molar-refractivity contribution in [1.29, 1.82) is 0 Å². The van der Waals surface area contributed by atoms with Gasteiger partial charge in [0.05, 0.1) is 12.8 Å². The molecule has 1 heterocycles. The van der Waals surface area contributed by atoms with Gasteiger partial charge < -0.3 is 20.4 Å². The topological polar surface area (TPSA) is 83.4 Å². The fourth-order valence-electron chi connectivity index (χ4n) is 1.74. The molecular weight excluding hydrogens is 270 g/mol. The molecule has 0 aliphatic heterocycles. The zero-order valence-corrected chi connectivity index (χ0v) is 11.7. The predicted octanol–water partition coefficient (Wildman–Crippen LogP) is 1.64. The Bertz CT molecular complexity index is 591. The normalized spacial score (nSPS) is 9.95. The van der Waals surface area contributed by atoms with E-state index in [0.29, 0.717) is 24.4 Å². The van der Waals surface area contributed by atoms with E-state index in [-0.39, 0.29) is 11.9 Å². The molecule has 1 aromatic heterocycles. The molecule has 0 aliphatic rings. The van der Waals surface area contributed by atoms with E-state index in [9.17, 15) is 9.59 Å². The number of amides is 3. The Balaban J connectivity index is 1.77. The number of carbonyl (C=O) groups is 2. The maximum absolute atomic E-state index is 11.6. The number of hydrogen-bond donors (Lipinski definition) is 3. The summed E-state index contributed by atoms with van der Waals surface area (Å²) in [5.41, 5.74) is 1.50. The van der Waals surface area contributed by atoms with Crippen molar-refractivity contribution < 1.29 is 14.0 Å². The molecule has 0 fully saturated rings. The third-order valence-corrected chi connectivity index (χ3v) is 2.90. The first-order chi connectivity index (χ1) is 10.2. The molecule has 0 spiro atoms. The quantitative estimate of drug-likeness (QED) is 0.781. The molecule has 0 unspecified atom stereocenters. The average Bonchev–Trinajstić information content (AvgIpc) is 3.04. The molecule has 3 amide bonds. The minimum Gasteiger partial charge on any atom is -0.467 e. The standard InChI is InChI=1S/C15H17N3O3/c1-16-14(19)12-6-4-11(5-7-12)9-17-15(20)18-10-13-3-2-8-21-13/h2-8H,9-10H2,1H3,(H,16,19)(H2,17,18,20). The fraction of sp³-hybridized carbons (Fsp3) is 0.200. The van der Waals surface area contributed by atoms with Crippen molar-refractivity contribution in [2.24, 2.45) is 0 Å². The van der Waals surface area contributed by atoms with E-state index in [4.69, 9.17) is 4.42 Å². The van der Waals surface area contributed by atoms with Gasteiger partial charge in [0.2, 0.25) is 0 Å². The van der Waals surface area contributed by atoms with Crippen LogP contribution in [0.3, 0.4) is 0 Å². The summed E-state index contributed by atoms with van der Waals surface area (Å²) in [6, 6.07) is 10.3. The molecule has 0 bridgehead atoms. The number of rotatable bonds is 5. The Labute approximate surface area is 122 Å². The molecule has 0 atom stereocenters. The highest BCUT2D eigenvalue weighted by Gasteiger charge is 2.04. The summed E-state index contributed by atoms with van der Waals surface area (Å²) in [5.74, 6) is 0.561. The van der Waals surface area contributed by atoms with E-state index >= 15 is 0 Å². The van der Waals surface area contributed by atoms with Gasteiger partial charge in [-0.2, -0.15) is 0 Å². The summed E-state index contributed by atoms with van der Waals surface area (Å²) in [4.78, 5) is 23.0. The Hall–Kier alpha value is -2.76. The van der Waals surface area contributed by atoms with E-state index in [1.54, 1.807) is 49.7 Å². The lowest BCUT2D eigenvalue weighted by atomic mass is 10.1. The molecule has 2 aromatic rings. The van der Waals surface area contributed by atoms with Crippen LogP contribution in [-0.2, 0) is 13.1 Å². The van der Waals surface area contributed by atoms with Gasteiger partial charge in [0.25, 0.3) is 5.91 Å². The summed E-state index contributed by atoms with van der Waals surface area (Å²) in [6.07, 6.45) is 1.56. The van der Waals surface area contributed by atoms with Crippen LogP contribution in [0.5, 0.6) is 0 Å². The van der Waals surface area contributed by atoms with Crippen LogP contribution < -0.4 is 16.0 Å². The third-order valence-electron chi connectivity index (χ3n) is 2.90. The van der Waals surface area contributed by atoms with E-state index in [2.05, 4.69) is 16.0 Å². The van der Waals surface area contributed by atoms with Crippen molar-refractivity contribution in [3.63, 3.8) is 0 Å². The van der Waals surface area contributed by atoms with Gasteiger partial charge in [0.1, 0.15) is 5.76 Å². The van der Waals surface area contributed by atoms with Crippen LogP contribution in [0.1, 0.15) is 21.7 Å². The molecule has 21 heavy (non-hydrogen) atoms. The number of nitrogens with one attached hydrogen (secondary N) is 3. The molecule has 0 aliphatic carbocycles. The third kappa shape index (κ3) is 4.38. The molecular formula is C15H17N3O3. The first-order valence-corrected chi connectivity index (χ1v) is 6.54. The van der Waals surface area contributed by atoms with Crippen molar-refractivity contribution in [2.75, 3.05) is 7.05 Å². The maximum atomic E-state index is 11.6. The lowest BCUT2D eigenvalue weighted by molar-refractivity contribution is 0.0963. The highest BCUT2D eigenvalue weighted by molar-refractivity contribution is 5.93. The Kier molecular flexibility index (Phi) is 4.98. The zero-order valence-electron chi connectivity index (χ0n) is 11.7. The first kappa shape index (κ1) is 14.6. The molecule has 0 radical (unpaired) electrons. The van der Waals surface area contributed by atoms with Crippen LogP contribution >= 0.6 is 0 Å². The van der Waals surface area contributed by atoms with Crippen LogP contribution in [0, 0.1) is 0 Å². The predicted molar refractivity (Wildman–Crippen MR) is 77.6 cm³/mol. The van der Waals surface area contributed by atoms with Gasteiger partial charge in [-0.05, 0) is 29.8 Å². The van der Waals surface area contributed by atoms with Crippen molar-refractivity contribution >= 4 is 11.9 Å². The fourth-order valence-corrected chi connectivity index (χ4v) is 1.74. The van der Waals surface area contributed by atoms with Crippen LogP contribution in [-0.4, -0.2) is 19.0 Å². The summed E-state index contributed by atoms with van der Waals surface area (Å²) in [6.45, 7) is 0.729. The van der Waals surface area contributed by atoms with Gasteiger partial charge in [0.15, 0.2) is 0 Å². The van der Waals surface area contributed by atoms with Gasteiger partial charge in [-0.15, -0.1) is 0 Å². The molecule has 0 saturated heterocycles. The second-order valence-electron chi connectivity index (χ2n) is 4.39. The van der Waals surface area contributed by atoms with Crippen LogP contribution in [0.4, 0.5) is 4.79 Å². The minimum atomic E-state index is -0.276. The molecule has 0 saturated carbocycles. The van der Waals surface area contributed by atoms with Crippen LogP contribution in [0.2, 0.25) is 0 Å². The monoisotopic (exact) mass is 287 g/mol. The highest BCUT2D eigenvalue weighted by Crippen LogP contribution is 2.04. The Morgan fingerprint density at radius 2 is 1.76 bits per heavy atom. The van der Waals surface area contributed by atoms with Crippen molar-refractivity contribution in [2.45, 2.75) is 13.1 Å². The zero-order chi connectivity index (χ0) is 15.1. The number of furan rings is 1. The van der Waals surface area contributed by atoms with Gasteiger partial charge in [0, 0.05) is 19.2 Å². The lowest BCUT2D eigenvalue weighted by Gasteiger charge is -2.07. The summed E-state index contributed by atoms with van der Waals surface area (Å²) >= 11 is 0. The van der Waals surface area contributed by atoms with Crippen molar-refractivity contribution in [1.82, 2.24) is 16.0 Å². The van der Waals surface area contributed by atoms with E-state index in [1.165, 1.54) is 0 Å². The first-order valence-electron chi connectivity index (χ1n) is 6.54. The summed E-state index contributed by atoms with van der Waals surface area (Å²) < 4.78 is 5.11. The van der Waals surface area contributed by atoms with E-state index in [0.717, 1.165) is 5.56 Å². The SMILES string of the molecule is CNC(=O)c1ccc(CNC(=O)NCc2ccco2)cc1. The molecule has 3 N–H and O–H groups in total. The van der Waals surface area contributed by atoms with Crippen LogP contribution in [0.15, 0.2) is 47.1 Å². The number of urea groups is 1. The summed E-state index contributed by atoms with van der Waals surface area (Å²) in [5, 5.41) is 7.97. The van der Waals surface area contributed by atoms with Gasteiger partial charge in [-0.25, -0.2) is 4.79 Å². The second kappa shape index (κ2) is 7.14. The molecule has 6 heteroatoms. The van der Waals surface area contributed by atoms with Gasteiger partial charge in [-0.1, -0.05) is 12.1 Å². The average molecular weight is 287 g/mol. The smallest absolute Gasteiger partial charge is 0.315 e. The summed E-state index contributed by atoms with van der Waals surface area (Å²) in [7, 11) is 1.58. The number of benzene rings is 1. The van der Waals surface area contributed by atoms with Crippen molar-refractivity contribution in [3.05, 3.63) is 59.5 Å². The van der Waals surface area contributed by atoms with E-state index < -0.39 is 0 Å².